The van der Waals surface area contributed by atoms with Gasteiger partial charge in [0.15, 0.2) is 0 Å². The SMILES string of the molecule is CC1(C)CN(C(=O)C2CCCCC2)CC(CCl)O1. The molecule has 18 heavy (non-hydrogen) atoms. The highest BCUT2D eigenvalue weighted by Crippen LogP contribution is 2.28. The molecule has 0 aromatic rings. The highest BCUT2D eigenvalue weighted by molar-refractivity contribution is 6.18. The van der Waals surface area contributed by atoms with Gasteiger partial charge in [-0.25, -0.2) is 0 Å². The van der Waals surface area contributed by atoms with Crippen molar-refractivity contribution < 1.29 is 9.53 Å². The van der Waals surface area contributed by atoms with Crippen molar-refractivity contribution in [3.05, 3.63) is 0 Å². The molecule has 1 aliphatic carbocycles. The van der Waals surface area contributed by atoms with Gasteiger partial charge in [-0.3, -0.25) is 4.79 Å². The van der Waals surface area contributed by atoms with Gasteiger partial charge < -0.3 is 9.64 Å². The average molecular weight is 274 g/mol. The van der Waals surface area contributed by atoms with Crippen molar-refractivity contribution in [2.24, 2.45) is 5.92 Å². The number of carbonyl (C=O) groups is 1. The fourth-order valence-electron chi connectivity index (χ4n) is 3.15. The molecule has 0 N–H and O–H groups in total. The third-order valence-corrected chi connectivity index (χ3v) is 4.26. The first-order valence-corrected chi connectivity index (χ1v) is 7.58. The van der Waals surface area contributed by atoms with Crippen LogP contribution in [0.2, 0.25) is 0 Å². The monoisotopic (exact) mass is 273 g/mol. The number of hydrogen-bond donors (Lipinski definition) is 0. The molecular formula is C14H24ClNO2. The zero-order valence-electron chi connectivity index (χ0n) is 11.5. The Labute approximate surface area is 115 Å². The highest BCUT2D eigenvalue weighted by Gasteiger charge is 2.37. The van der Waals surface area contributed by atoms with Crippen LogP contribution in [0.15, 0.2) is 0 Å². The molecule has 0 bridgehead atoms. The fourth-order valence-corrected chi connectivity index (χ4v) is 3.31. The van der Waals surface area contributed by atoms with E-state index in [1.807, 2.05) is 18.7 Å². The third-order valence-electron chi connectivity index (χ3n) is 3.92. The van der Waals surface area contributed by atoms with Crippen molar-refractivity contribution in [1.82, 2.24) is 4.90 Å². The number of carbonyl (C=O) groups excluding carboxylic acids is 1. The quantitative estimate of drug-likeness (QED) is 0.724. The summed E-state index contributed by atoms with van der Waals surface area (Å²) in [5.41, 5.74) is -0.276. The number of halogens is 1. The molecule has 1 saturated carbocycles. The Bertz CT molecular complexity index is 300. The number of amides is 1. The molecule has 1 atom stereocenters. The summed E-state index contributed by atoms with van der Waals surface area (Å²) in [4.78, 5) is 14.5. The Morgan fingerprint density at radius 3 is 2.61 bits per heavy atom. The maximum atomic E-state index is 12.5. The van der Waals surface area contributed by atoms with Crippen molar-refractivity contribution in [2.45, 2.75) is 57.7 Å². The van der Waals surface area contributed by atoms with Crippen molar-refractivity contribution in [2.75, 3.05) is 19.0 Å². The molecule has 0 radical (unpaired) electrons. The van der Waals surface area contributed by atoms with Gasteiger partial charge in [0.25, 0.3) is 0 Å². The van der Waals surface area contributed by atoms with E-state index in [-0.39, 0.29) is 17.6 Å². The average Bonchev–Trinajstić information content (AvgIpc) is 2.37. The lowest BCUT2D eigenvalue weighted by atomic mass is 9.87. The Kier molecular flexibility index (Phi) is 4.54. The molecular weight excluding hydrogens is 250 g/mol. The van der Waals surface area contributed by atoms with Crippen LogP contribution in [-0.4, -0.2) is 41.5 Å². The first-order chi connectivity index (χ1) is 8.52. The lowest BCUT2D eigenvalue weighted by Gasteiger charge is -2.43. The molecule has 4 heteroatoms. The second kappa shape index (κ2) is 5.79. The van der Waals surface area contributed by atoms with Crippen LogP contribution >= 0.6 is 11.6 Å². The Morgan fingerprint density at radius 2 is 2.00 bits per heavy atom. The van der Waals surface area contributed by atoms with Crippen LogP contribution in [0.3, 0.4) is 0 Å². The molecule has 2 fully saturated rings. The van der Waals surface area contributed by atoms with Gasteiger partial charge in [0.2, 0.25) is 5.91 Å². The minimum absolute atomic E-state index is 0.0250. The van der Waals surface area contributed by atoms with E-state index in [0.717, 1.165) is 12.8 Å². The van der Waals surface area contributed by atoms with Crippen molar-refractivity contribution in [1.29, 1.82) is 0 Å². The van der Waals surface area contributed by atoms with E-state index >= 15 is 0 Å². The lowest BCUT2D eigenvalue weighted by molar-refractivity contribution is -0.161. The van der Waals surface area contributed by atoms with Crippen LogP contribution in [0, 0.1) is 5.92 Å². The third kappa shape index (κ3) is 3.39. The summed E-state index contributed by atoms with van der Waals surface area (Å²) < 4.78 is 5.86. The first kappa shape index (κ1) is 14.1. The molecule has 1 saturated heterocycles. The van der Waals surface area contributed by atoms with Crippen molar-refractivity contribution in [3.63, 3.8) is 0 Å². The van der Waals surface area contributed by atoms with Crippen molar-refractivity contribution in [3.8, 4) is 0 Å². The normalized spacial score (nSPS) is 29.3. The van der Waals surface area contributed by atoms with E-state index in [0.29, 0.717) is 24.9 Å². The topological polar surface area (TPSA) is 29.5 Å². The number of rotatable bonds is 2. The van der Waals surface area contributed by atoms with E-state index < -0.39 is 0 Å². The number of ether oxygens (including phenoxy) is 1. The predicted octanol–water partition coefficient (Wildman–Crippen LogP) is 2.81. The number of hydrogen-bond acceptors (Lipinski definition) is 2. The van der Waals surface area contributed by atoms with E-state index in [1.165, 1.54) is 19.3 Å². The molecule has 0 aromatic heterocycles. The zero-order chi connectivity index (χ0) is 13.2. The lowest BCUT2D eigenvalue weighted by Crippen LogP contribution is -2.56. The molecule has 3 nitrogen and oxygen atoms in total. The van der Waals surface area contributed by atoms with Crippen LogP contribution in [0.1, 0.15) is 46.0 Å². The minimum Gasteiger partial charge on any atom is -0.367 e. The Hall–Kier alpha value is -0.280. The molecule has 104 valence electrons. The van der Waals surface area contributed by atoms with Crippen LogP contribution in [0.4, 0.5) is 0 Å². The van der Waals surface area contributed by atoms with Crippen LogP contribution in [0.25, 0.3) is 0 Å². The van der Waals surface area contributed by atoms with E-state index in [1.54, 1.807) is 0 Å². The zero-order valence-corrected chi connectivity index (χ0v) is 12.2. The maximum absolute atomic E-state index is 12.5. The summed E-state index contributed by atoms with van der Waals surface area (Å²) in [6, 6.07) is 0. The molecule has 2 aliphatic rings. The largest absolute Gasteiger partial charge is 0.367 e. The van der Waals surface area contributed by atoms with Crippen LogP contribution in [-0.2, 0) is 9.53 Å². The molecule has 2 rings (SSSR count). The summed E-state index contributed by atoms with van der Waals surface area (Å²) >= 11 is 5.90. The summed E-state index contributed by atoms with van der Waals surface area (Å²) in [7, 11) is 0. The highest BCUT2D eigenvalue weighted by atomic mass is 35.5. The van der Waals surface area contributed by atoms with Gasteiger partial charge in [0, 0.05) is 19.0 Å². The van der Waals surface area contributed by atoms with E-state index in [9.17, 15) is 4.79 Å². The molecule has 1 aliphatic heterocycles. The Balaban J connectivity index is 1.99. The molecule has 1 unspecified atom stereocenters. The van der Waals surface area contributed by atoms with Gasteiger partial charge in [0.1, 0.15) is 0 Å². The van der Waals surface area contributed by atoms with Gasteiger partial charge >= 0.3 is 0 Å². The van der Waals surface area contributed by atoms with Gasteiger partial charge in [-0.2, -0.15) is 0 Å². The first-order valence-electron chi connectivity index (χ1n) is 7.04. The smallest absolute Gasteiger partial charge is 0.225 e. The molecule has 0 spiro atoms. The molecule has 1 heterocycles. The molecule has 0 aromatic carbocycles. The number of alkyl halides is 1. The fraction of sp³-hybridized carbons (Fsp3) is 0.929. The Morgan fingerprint density at radius 1 is 1.33 bits per heavy atom. The maximum Gasteiger partial charge on any atom is 0.225 e. The van der Waals surface area contributed by atoms with E-state index in [2.05, 4.69) is 0 Å². The van der Waals surface area contributed by atoms with Crippen LogP contribution in [0.5, 0.6) is 0 Å². The summed E-state index contributed by atoms with van der Waals surface area (Å²) in [6.07, 6.45) is 5.77. The van der Waals surface area contributed by atoms with Gasteiger partial charge in [-0.1, -0.05) is 19.3 Å². The minimum atomic E-state index is -0.276. The second-order valence-electron chi connectivity index (χ2n) is 6.21. The summed E-state index contributed by atoms with van der Waals surface area (Å²) in [6.45, 7) is 5.41. The number of morpholine rings is 1. The number of nitrogens with zero attached hydrogens (tertiary/aromatic N) is 1. The standard InChI is InChI=1S/C14H24ClNO2/c1-14(2)10-16(9-12(8-15)18-14)13(17)11-6-4-3-5-7-11/h11-12H,3-10H2,1-2H3. The molecule has 1 amide bonds. The van der Waals surface area contributed by atoms with Crippen LogP contribution < -0.4 is 0 Å². The second-order valence-corrected chi connectivity index (χ2v) is 6.52. The van der Waals surface area contributed by atoms with Crippen molar-refractivity contribution >= 4 is 17.5 Å². The van der Waals surface area contributed by atoms with Gasteiger partial charge in [-0.15, -0.1) is 11.6 Å². The van der Waals surface area contributed by atoms with Gasteiger partial charge in [-0.05, 0) is 26.7 Å². The van der Waals surface area contributed by atoms with Gasteiger partial charge in [0.05, 0.1) is 17.6 Å². The summed E-state index contributed by atoms with van der Waals surface area (Å²) in [5.74, 6) is 1.02. The van der Waals surface area contributed by atoms with E-state index in [4.69, 9.17) is 16.3 Å². The summed E-state index contributed by atoms with van der Waals surface area (Å²) in [5, 5.41) is 0. The predicted molar refractivity (Wildman–Crippen MR) is 72.8 cm³/mol.